The third-order valence-corrected chi connectivity index (χ3v) is 5.98. The Balaban J connectivity index is 1.44. The molecule has 4 heteroatoms. The van der Waals surface area contributed by atoms with E-state index in [1.54, 1.807) is 6.20 Å². The molecule has 33 heavy (non-hydrogen) atoms. The molecule has 0 aliphatic heterocycles. The number of carbonyl (C=O) groups is 1. The SMILES string of the molecule is CCCCCCCCCCCCCCOc1ccc(CC(=O)NCCc2ccccn2)cc1. The second-order valence-electron chi connectivity index (χ2n) is 8.98. The minimum Gasteiger partial charge on any atom is -0.494 e. The van der Waals surface area contributed by atoms with Crippen LogP contribution in [0.2, 0.25) is 0 Å². The zero-order chi connectivity index (χ0) is 23.4. The number of benzene rings is 1. The molecule has 0 saturated carbocycles. The number of rotatable bonds is 19. The number of nitrogens with one attached hydrogen (secondary N) is 1. The Hall–Kier alpha value is -2.36. The highest BCUT2D eigenvalue weighted by Crippen LogP contribution is 2.15. The summed E-state index contributed by atoms with van der Waals surface area (Å²) in [5, 5.41) is 2.96. The number of carbonyl (C=O) groups excluding carboxylic acids is 1. The molecule has 4 nitrogen and oxygen atoms in total. The Morgan fingerprint density at radius 1 is 0.818 bits per heavy atom. The summed E-state index contributed by atoms with van der Waals surface area (Å²) in [5.74, 6) is 0.925. The highest BCUT2D eigenvalue weighted by molar-refractivity contribution is 5.78. The maximum atomic E-state index is 12.1. The van der Waals surface area contributed by atoms with E-state index in [1.165, 1.54) is 70.6 Å². The van der Waals surface area contributed by atoms with Crippen LogP contribution in [0.25, 0.3) is 0 Å². The summed E-state index contributed by atoms with van der Waals surface area (Å²) >= 11 is 0. The third-order valence-electron chi connectivity index (χ3n) is 5.98. The number of nitrogens with zero attached hydrogens (tertiary/aromatic N) is 1. The van der Waals surface area contributed by atoms with Crippen LogP contribution in [-0.2, 0) is 17.6 Å². The van der Waals surface area contributed by atoms with Gasteiger partial charge in [0.05, 0.1) is 13.0 Å². The number of hydrogen-bond acceptors (Lipinski definition) is 3. The lowest BCUT2D eigenvalue weighted by atomic mass is 10.1. The minimum atomic E-state index is 0.0380. The lowest BCUT2D eigenvalue weighted by molar-refractivity contribution is -0.120. The summed E-state index contributed by atoms with van der Waals surface area (Å²) in [6.45, 7) is 3.65. The first kappa shape index (κ1) is 26.9. The molecule has 0 radical (unpaired) electrons. The maximum Gasteiger partial charge on any atom is 0.224 e. The molecule has 0 bridgehead atoms. The van der Waals surface area contributed by atoms with Crippen LogP contribution < -0.4 is 10.1 Å². The van der Waals surface area contributed by atoms with Gasteiger partial charge in [0, 0.05) is 24.9 Å². The van der Waals surface area contributed by atoms with E-state index in [0.29, 0.717) is 13.0 Å². The Kier molecular flexibility index (Phi) is 14.8. The highest BCUT2D eigenvalue weighted by Gasteiger charge is 2.04. The summed E-state index contributed by atoms with van der Waals surface area (Å²) in [7, 11) is 0. The number of amides is 1. The predicted octanol–water partition coefficient (Wildman–Crippen LogP) is 7.06. The molecule has 0 unspecified atom stereocenters. The molecular weight excluding hydrogens is 408 g/mol. The van der Waals surface area contributed by atoms with Crippen molar-refractivity contribution in [3.05, 3.63) is 59.9 Å². The van der Waals surface area contributed by atoms with E-state index in [-0.39, 0.29) is 5.91 Å². The fourth-order valence-electron chi connectivity index (χ4n) is 3.96. The molecule has 0 aliphatic rings. The van der Waals surface area contributed by atoms with Gasteiger partial charge in [-0.3, -0.25) is 9.78 Å². The van der Waals surface area contributed by atoms with Gasteiger partial charge in [0.2, 0.25) is 5.91 Å². The average molecular weight is 453 g/mol. The monoisotopic (exact) mass is 452 g/mol. The van der Waals surface area contributed by atoms with Gasteiger partial charge in [0.25, 0.3) is 0 Å². The van der Waals surface area contributed by atoms with E-state index in [1.807, 2.05) is 42.5 Å². The van der Waals surface area contributed by atoms with Crippen molar-refractivity contribution < 1.29 is 9.53 Å². The second kappa shape index (κ2) is 18.1. The lowest BCUT2D eigenvalue weighted by Gasteiger charge is -2.08. The Morgan fingerprint density at radius 2 is 1.45 bits per heavy atom. The van der Waals surface area contributed by atoms with Crippen molar-refractivity contribution >= 4 is 5.91 Å². The molecular formula is C29H44N2O2. The Bertz CT molecular complexity index is 731. The van der Waals surface area contributed by atoms with Crippen LogP contribution in [0.5, 0.6) is 5.75 Å². The van der Waals surface area contributed by atoms with Crippen molar-refractivity contribution in [2.75, 3.05) is 13.2 Å². The molecule has 1 heterocycles. The van der Waals surface area contributed by atoms with E-state index in [4.69, 9.17) is 4.74 Å². The Morgan fingerprint density at radius 3 is 2.06 bits per heavy atom. The van der Waals surface area contributed by atoms with Gasteiger partial charge < -0.3 is 10.1 Å². The van der Waals surface area contributed by atoms with Crippen LogP contribution in [0.15, 0.2) is 48.7 Å². The van der Waals surface area contributed by atoms with Crippen LogP contribution in [0.4, 0.5) is 0 Å². The normalized spacial score (nSPS) is 10.8. The molecule has 1 aromatic carbocycles. The molecule has 0 saturated heterocycles. The lowest BCUT2D eigenvalue weighted by Crippen LogP contribution is -2.27. The van der Waals surface area contributed by atoms with Crippen LogP contribution in [-0.4, -0.2) is 24.0 Å². The number of aromatic nitrogens is 1. The van der Waals surface area contributed by atoms with Gasteiger partial charge in [-0.05, 0) is 36.2 Å². The summed E-state index contributed by atoms with van der Waals surface area (Å²) < 4.78 is 5.86. The van der Waals surface area contributed by atoms with Gasteiger partial charge in [-0.15, -0.1) is 0 Å². The second-order valence-corrected chi connectivity index (χ2v) is 8.98. The summed E-state index contributed by atoms with van der Waals surface area (Å²) in [5.41, 5.74) is 2.00. The van der Waals surface area contributed by atoms with Crippen molar-refractivity contribution in [1.29, 1.82) is 0 Å². The zero-order valence-corrected chi connectivity index (χ0v) is 20.7. The molecule has 1 aromatic heterocycles. The number of unbranched alkanes of at least 4 members (excludes halogenated alkanes) is 11. The van der Waals surface area contributed by atoms with Gasteiger partial charge in [0.1, 0.15) is 5.75 Å². The van der Waals surface area contributed by atoms with Gasteiger partial charge in [-0.2, -0.15) is 0 Å². The standard InChI is InChI=1S/C29H44N2O2/c1-2-3-4-5-6-7-8-9-10-11-12-15-24-33-28-19-17-26(18-20-28)25-29(32)31-23-21-27-16-13-14-22-30-27/h13-14,16-20,22H,2-12,15,21,23-25H2,1H3,(H,31,32). The van der Waals surface area contributed by atoms with E-state index in [9.17, 15) is 4.79 Å². The molecule has 0 spiro atoms. The van der Waals surface area contributed by atoms with Crippen LogP contribution in [0.3, 0.4) is 0 Å². The predicted molar refractivity (Wildman–Crippen MR) is 138 cm³/mol. The first-order valence-electron chi connectivity index (χ1n) is 13.2. The first-order chi connectivity index (χ1) is 16.3. The molecule has 0 fully saturated rings. The average Bonchev–Trinajstić information content (AvgIpc) is 2.84. The molecule has 0 atom stereocenters. The van der Waals surface area contributed by atoms with Crippen molar-refractivity contribution in [3.63, 3.8) is 0 Å². The molecule has 2 rings (SSSR count). The smallest absolute Gasteiger partial charge is 0.224 e. The number of ether oxygens (including phenoxy) is 1. The first-order valence-corrected chi connectivity index (χ1v) is 13.2. The topological polar surface area (TPSA) is 51.2 Å². The summed E-state index contributed by atoms with van der Waals surface area (Å²) in [6, 6.07) is 13.7. The third kappa shape index (κ3) is 13.7. The zero-order valence-electron chi connectivity index (χ0n) is 20.7. The number of pyridine rings is 1. The number of hydrogen-bond donors (Lipinski definition) is 1. The van der Waals surface area contributed by atoms with Crippen molar-refractivity contribution in [2.24, 2.45) is 0 Å². The molecule has 182 valence electrons. The Labute approximate surface area is 201 Å². The fourth-order valence-corrected chi connectivity index (χ4v) is 3.96. The van der Waals surface area contributed by atoms with Crippen LogP contribution in [0.1, 0.15) is 95.2 Å². The van der Waals surface area contributed by atoms with Crippen molar-refractivity contribution in [1.82, 2.24) is 10.3 Å². The summed E-state index contributed by atoms with van der Waals surface area (Å²) in [4.78, 5) is 16.4. The molecule has 2 aromatic rings. The van der Waals surface area contributed by atoms with Crippen molar-refractivity contribution in [3.8, 4) is 5.75 Å². The minimum absolute atomic E-state index is 0.0380. The fraction of sp³-hybridized carbons (Fsp3) is 0.586. The van der Waals surface area contributed by atoms with Crippen LogP contribution in [0, 0.1) is 0 Å². The maximum absolute atomic E-state index is 12.1. The van der Waals surface area contributed by atoms with Gasteiger partial charge in [0.15, 0.2) is 0 Å². The van der Waals surface area contributed by atoms with E-state index >= 15 is 0 Å². The van der Waals surface area contributed by atoms with Gasteiger partial charge in [-0.25, -0.2) is 0 Å². The van der Waals surface area contributed by atoms with Crippen LogP contribution >= 0.6 is 0 Å². The van der Waals surface area contributed by atoms with E-state index in [2.05, 4.69) is 17.2 Å². The molecule has 1 amide bonds. The summed E-state index contributed by atoms with van der Waals surface area (Å²) in [6.07, 6.45) is 19.1. The largest absolute Gasteiger partial charge is 0.494 e. The van der Waals surface area contributed by atoms with Crippen molar-refractivity contribution in [2.45, 2.75) is 96.8 Å². The quantitative estimate of drug-likeness (QED) is 0.232. The highest BCUT2D eigenvalue weighted by atomic mass is 16.5. The van der Waals surface area contributed by atoms with Gasteiger partial charge >= 0.3 is 0 Å². The molecule has 0 aliphatic carbocycles. The van der Waals surface area contributed by atoms with Gasteiger partial charge in [-0.1, -0.05) is 95.8 Å². The molecule has 1 N–H and O–H groups in total. The van der Waals surface area contributed by atoms with E-state index in [0.717, 1.165) is 36.5 Å². The van der Waals surface area contributed by atoms with E-state index < -0.39 is 0 Å².